The quantitative estimate of drug-likeness (QED) is 0.708. The van der Waals surface area contributed by atoms with Gasteiger partial charge >= 0.3 is 0 Å². The van der Waals surface area contributed by atoms with E-state index in [4.69, 9.17) is 12.2 Å². The second kappa shape index (κ2) is 9.54. The highest BCUT2D eigenvalue weighted by Crippen LogP contribution is 2.13. The summed E-state index contributed by atoms with van der Waals surface area (Å²) in [5, 5.41) is 7.19. The van der Waals surface area contributed by atoms with E-state index in [-0.39, 0.29) is 0 Å². The molecular formula is C21H29N3S. The number of rotatable bonds is 7. The molecule has 0 atom stereocenters. The lowest BCUT2D eigenvalue weighted by Crippen LogP contribution is -2.28. The van der Waals surface area contributed by atoms with Gasteiger partial charge in [-0.05, 0) is 73.5 Å². The number of thiocarbonyl (C=S) groups is 1. The molecule has 4 heteroatoms. The highest BCUT2D eigenvalue weighted by molar-refractivity contribution is 7.80. The monoisotopic (exact) mass is 355 g/mol. The maximum Gasteiger partial charge on any atom is 0.171 e. The van der Waals surface area contributed by atoms with Gasteiger partial charge < -0.3 is 10.6 Å². The van der Waals surface area contributed by atoms with Gasteiger partial charge in [0, 0.05) is 18.8 Å². The predicted octanol–water partition coefficient (Wildman–Crippen LogP) is 4.63. The maximum atomic E-state index is 5.41. The lowest BCUT2D eigenvalue weighted by Gasteiger charge is -2.18. The highest BCUT2D eigenvalue weighted by Gasteiger charge is 2.03. The molecule has 0 aliphatic rings. The van der Waals surface area contributed by atoms with Crippen LogP contribution in [-0.4, -0.2) is 23.1 Å². The van der Waals surface area contributed by atoms with Crippen LogP contribution in [0.4, 0.5) is 5.69 Å². The molecule has 0 amide bonds. The van der Waals surface area contributed by atoms with Crippen LogP contribution in [-0.2, 0) is 13.1 Å². The van der Waals surface area contributed by atoms with Crippen molar-refractivity contribution in [2.45, 2.75) is 40.8 Å². The molecule has 0 aliphatic carbocycles. The molecule has 0 spiro atoms. The van der Waals surface area contributed by atoms with Crippen LogP contribution >= 0.6 is 12.2 Å². The van der Waals surface area contributed by atoms with E-state index in [2.05, 4.69) is 85.7 Å². The summed E-state index contributed by atoms with van der Waals surface area (Å²) >= 11 is 5.41. The van der Waals surface area contributed by atoms with Gasteiger partial charge in [-0.3, -0.25) is 4.90 Å². The van der Waals surface area contributed by atoms with Crippen molar-refractivity contribution in [1.82, 2.24) is 10.2 Å². The van der Waals surface area contributed by atoms with E-state index in [0.29, 0.717) is 5.11 Å². The van der Waals surface area contributed by atoms with E-state index in [1.54, 1.807) is 0 Å². The van der Waals surface area contributed by atoms with Crippen LogP contribution in [0, 0.1) is 13.8 Å². The Kier molecular flexibility index (Phi) is 7.41. The first-order valence-corrected chi connectivity index (χ1v) is 9.34. The van der Waals surface area contributed by atoms with Crippen molar-refractivity contribution >= 4 is 23.0 Å². The molecule has 0 heterocycles. The third-order valence-electron chi connectivity index (χ3n) is 4.26. The zero-order valence-electron chi connectivity index (χ0n) is 15.7. The van der Waals surface area contributed by atoms with Gasteiger partial charge in [0.15, 0.2) is 5.11 Å². The normalized spacial score (nSPS) is 10.8. The minimum Gasteiger partial charge on any atom is -0.358 e. The van der Waals surface area contributed by atoms with Crippen molar-refractivity contribution in [3.63, 3.8) is 0 Å². The number of anilines is 1. The van der Waals surface area contributed by atoms with Crippen molar-refractivity contribution in [1.29, 1.82) is 0 Å². The Morgan fingerprint density at radius 1 is 0.920 bits per heavy atom. The van der Waals surface area contributed by atoms with Crippen LogP contribution in [0.2, 0.25) is 0 Å². The fourth-order valence-electron chi connectivity index (χ4n) is 2.87. The molecule has 0 radical (unpaired) electrons. The van der Waals surface area contributed by atoms with E-state index in [1.165, 1.54) is 22.3 Å². The summed E-state index contributed by atoms with van der Waals surface area (Å²) in [6.45, 7) is 12.5. The predicted molar refractivity (Wildman–Crippen MR) is 112 cm³/mol. The number of nitrogens with one attached hydrogen (secondary N) is 2. The van der Waals surface area contributed by atoms with Crippen molar-refractivity contribution < 1.29 is 0 Å². The molecule has 25 heavy (non-hydrogen) atoms. The van der Waals surface area contributed by atoms with Crippen molar-refractivity contribution in [3.8, 4) is 0 Å². The lowest BCUT2D eigenvalue weighted by molar-refractivity contribution is 0.296. The summed E-state index contributed by atoms with van der Waals surface area (Å²) in [6.07, 6.45) is 0. The zero-order valence-corrected chi connectivity index (χ0v) is 16.5. The first-order chi connectivity index (χ1) is 12.0. The molecular weight excluding hydrogens is 326 g/mol. The van der Waals surface area contributed by atoms with Gasteiger partial charge in [-0.2, -0.15) is 0 Å². The average Bonchev–Trinajstić information content (AvgIpc) is 2.58. The SMILES string of the molecule is CCN(CC)Cc1ccc(CNC(=S)Nc2cc(C)cc(C)c2)cc1. The standard InChI is InChI=1S/C21H29N3S/c1-5-24(6-2)15-19-9-7-18(8-10-19)14-22-21(25)23-20-12-16(3)11-17(4)13-20/h7-13H,5-6,14-15H2,1-4H3,(H2,22,23,25). The summed E-state index contributed by atoms with van der Waals surface area (Å²) in [5.41, 5.74) is 6.07. The summed E-state index contributed by atoms with van der Waals surface area (Å²) < 4.78 is 0. The van der Waals surface area contributed by atoms with Crippen LogP contribution in [0.5, 0.6) is 0 Å². The molecule has 3 nitrogen and oxygen atoms in total. The second-order valence-electron chi connectivity index (χ2n) is 6.46. The number of hydrogen-bond donors (Lipinski definition) is 2. The van der Waals surface area contributed by atoms with Gasteiger partial charge in [-0.15, -0.1) is 0 Å². The van der Waals surface area contributed by atoms with Gasteiger partial charge in [0.05, 0.1) is 0 Å². The van der Waals surface area contributed by atoms with Crippen LogP contribution < -0.4 is 10.6 Å². The average molecular weight is 356 g/mol. The maximum absolute atomic E-state index is 5.41. The minimum atomic E-state index is 0.650. The van der Waals surface area contributed by atoms with Gasteiger partial charge in [0.2, 0.25) is 0 Å². The van der Waals surface area contributed by atoms with Crippen molar-refractivity contribution in [2.24, 2.45) is 0 Å². The van der Waals surface area contributed by atoms with Crippen molar-refractivity contribution in [2.75, 3.05) is 18.4 Å². The molecule has 0 saturated heterocycles. The molecule has 2 rings (SSSR count). The van der Waals surface area contributed by atoms with E-state index in [0.717, 1.165) is 31.9 Å². The molecule has 0 bridgehead atoms. The summed E-state index contributed by atoms with van der Waals surface area (Å²) in [6, 6.07) is 15.1. The fraction of sp³-hybridized carbons (Fsp3) is 0.381. The van der Waals surface area contributed by atoms with E-state index < -0.39 is 0 Å². The van der Waals surface area contributed by atoms with E-state index in [9.17, 15) is 0 Å². The Hall–Kier alpha value is -1.91. The number of benzene rings is 2. The van der Waals surface area contributed by atoms with Gasteiger partial charge in [0.1, 0.15) is 0 Å². The highest BCUT2D eigenvalue weighted by atomic mass is 32.1. The van der Waals surface area contributed by atoms with E-state index in [1.807, 2.05) is 0 Å². The molecule has 2 aromatic rings. The van der Waals surface area contributed by atoms with Crippen LogP contribution in [0.25, 0.3) is 0 Å². The second-order valence-corrected chi connectivity index (χ2v) is 6.87. The third kappa shape index (κ3) is 6.48. The first-order valence-electron chi connectivity index (χ1n) is 8.93. The van der Waals surface area contributed by atoms with Gasteiger partial charge in [0.25, 0.3) is 0 Å². The van der Waals surface area contributed by atoms with Crippen LogP contribution in [0.3, 0.4) is 0 Å². The van der Waals surface area contributed by atoms with Crippen LogP contribution in [0.1, 0.15) is 36.1 Å². The molecule has 0 aromatic heterocycles. The summed E-state index contributed by atoms with van der Waals surface area (Å²) in [5.74, 6) is 0. The van der Waals surface area contributed by atoms with Crippen LogP contribution in [0.15, 0.2) is 42.5 Å². The molecule has 2 aromatic carbocycles. The Bertz CT molecular complexity index is 671. The van der Waals surface area contributed by atoms with E-state index >= 15 is 0 Å². The largest absolute Gasteiger partial charge is 0.358 e. The Morgan fingerprint density at radius 3 is 2.04 bits per heavy atom. The molecule has 0 unspecified atom stereocenters. The topological polar surface area (TPSA) is 27.3 Å². The minimum absolute atomic E-state index is 0.650. The first kappa shape index (κ1) is 19.4. The zero-order chi connectivity index (χ0) is 18.2. The van der Waals surface area contributed by atoms with Crippen molar-refractivity contribution in [3.05, 3.63) is 64.7 Å². The Labute approximate surface area is 157 Å². The number of aryl methyl sites for hydroxylation is 2. The third-order valence-corrected chi connectivity index (χ3v) is 4.50. The number of hydrogen-bond acceptors (Lipinski definition) is 2. The van der Waals surface area contributed by atoms with Gasteiger partial charge in [-0.25, -0.2) is 0 Å². The molecule has 0 saturated carbocycles. The molecule has 134 valence electrons. The Balaban J connectivity index is 1.85. The summed E-state index contributed by atoms with van der Waals surface area (Å²) in [7, 11) is 0. The molecule has 0 fully saturated rings. The lowest BCUT2D eigenvalue weighted by atomic mass is 10.1. The number of nitrogens with zero attached hydrogens (tertiary/aromatic N) is 1. The smallest absolute Gasteiger partial charge is 0.171 e. The fourth-order valence-corrected chi connectivity index (χ4v) is 3.06. The molecule has 0 aliphatic heterocycles. The molecule has 2 N–H and O–H groups in total. The summed E-state index contributed by atoms with van der Waals surface area (Å²) in [4.78, 5) is 2.41. The Morgan fingerprint density at radius 2 is 1.48 bits per heavy atom. The van der Waals surface area contributed by atoms with Gasteiger partial charge in [-0.1, -0.05) is 44.2 Å².